The Bertz CT molecular complexity index is 2270. The predicted molar refractivity (Wildman–Crippen MR) is 194 cm³/mol. The van der Waals surface area contributed by atoms with Gasteiger partial charge in [-0.3, -0.25) is 0 Å². The molecule has 8 rings (SSSR count). The summed E-state index contributed by atoms with van der Waals surface area (Å²) in [6.45, 7) is 6.60. The quantitative estimate of drug-likeness (QED) is 0.181. The van der Waals surface area contributed by atoms with Gasteiger partial charge in [0.05, 0.1) is 11.4 Å². The third kappa shape index (κ3) is 4.41. The third-order valence-corrected chi connectivity index (χ3v) is 9.18. The topological polar surface area (TPSA) is 6.48 Å². The molecule has 0 saturated carbocycles. The number of aryl methyl sites for hydroxylation is 3. The van der Waals surface area contributed by atoms with E-state index >= 15 is 0 Å². The molecule has 8 aromatic carbocycles. The molecule has 0 radical (unpaired) electrons. The number of benzene rings is 8. The number of para-hydroxylation sites is 4. The summed E-state index contributed by atoms with van der Waals surface area (Å²) in [5.41, 5.74) is 10.8. The maximum absolute atomic E-state index is 2.45. The van der Waals surface area contributed by atoms with Crippen molar-refractivity contribution in [3.05, 3.63) is 168 Å². The Balaban J connectivity index is 1.44. The van der Waals surface area contributed by atoms with Gasteiger partial charge in [0, 0.05) is 33.5 Å². The predicted octanol–water partition coefficient (Wildman–Crippen LogP) is 12.4. The summed E-state index contributed by atoms with van der Waals surface area (Å²) in [4.78, 5) is 4.86. The van der Waals surface area contributed by atoms with Gasteiger partial charge in [0.15, 0.2) is 0 Å². The minimum atomic E-state index is 1.15. The summed E-state index contributed by atoms with van der Waals surface area (Å²) in [7, 11) is 0. The summed E-state index contributed by atoms with van der Waals surface area (Å²) in [6.07, 6.45) is 0. The van der Waals surface area contributed by atoms with Gasteiger partial charge in [-0.15, -0.1) is 0 Å². The van der Waals surface area contributed by atoms with Gasteiger partial charge >= 0.3 is 0 Å². The van der Waals surface area contributed by atoms with E-state index in [-0.39, 0.29) is 0 Å². The lowest BCUT2D eigenvalue weighted by Gasteiger charge is -2.31. The Morgan fingerprint density at radius 3 is 1.16 bits per heavy atom. The van der Waals surface area contributed by atoms with Crippen LogP contribution in [0.4, 0.5) is 34.1 Å². The SMILES string of the molecule is Cc1ccccc1N(c1ccccc1)c1ccc2ccc3c(N(c4ccccc4C)c4ccccc4C)ccc4ccc1c2c43. The summed E-state index contributed by atoms with van der Waals surface area (Å²) in [5, 5.41) is 7.59. The summed E-state index contributed by atoms with van der Waals surface area (Å²) >= 11 is 0. The lowest BCUT2D eigenvalue weighted by molar-refractivity contribution is 1.24. The van der Waals surface area contributed by atoms with E-state index < -0.39 is 0 Å². The molecule has 0 aliphatic carbocycles. The fourth-order valence-electron chi connectivity index (χ4n) is 6.98. The Kier molecular flexibility index (Phi) is 6.50. The van der Waals surface area contributed by atoms with Crippen molar-refractivity contribution < 1.29 is 0 Å². The van der Waals surface area contributed by atoms with Crippen molar-refractivity contribution in [1.29, 1.82) is 0 Å². The molecular formula is C43H34N2. The highest BCUT2D eigenvalue weighted by Crippen LogP contribution is 2.48. The Morgan fingerprint density at radius 2 is 0.689 bits per heavy atom. The first-order chi connectivity index (χ1) is 22.1. The Morgan fingerprint density at radius 1 is 0.311 bits per heavy atom. The molecule has 0 aromatic heterocycles. The number of hydrogen-bond acceptors (Lipinski definition) is 2. The largest absolute Gasteiger partial charge is 0.310 e. The standard InChI is InChI=1S/C43H34N2/c1-29-13-7-10-18-37(29)44(34-16-5-4-6-17-34)40-27-23-32-22-26-36-41(28-24-33-21-25-35(40)42(32)43(33)36)45(38-19-11-8-14-30(38)2)39-20-12-9-15-31(39)3/h4-28H,1-3H3. The van der Waals surface area contributed by atoms with Crippen LogP contribution < -0.4 is 9.80 Å². The molecular weight excluding hydrogens is 544 g/mol. The normalized spacial score (nSPS) is 11.4. The van der Waals surface area contributed by atoms with Crippen molar-refractivity contribution >= 4 is 66.4 Å². The molecule has 0 atom stereocenters. The highest BCUT2D eigenvalue weighted by atomic mass is 15.2. The Hall–Kier alpha value is -5.60. The van der Waals surface area contributed by atoms with E-state index in [0.29, 0.717) is 0 Å². The van der Waals surface area contributed by atoms with Crippen LogP contribution in [0.2, 0.25) is 0 Å². The van der Waals surface area contributed by atoms with Crippen LogP contribution in [0.1, 0.15) is 16.7 Å². The minimum absolute atomic E-state index is 1.15. The van der Waals surface area contributed by atoms with Crippen LogP contribution >= 0.6 is 0 Å². The van der Waals surface area contributed by atoms with Gasteiger partial charge in [-0.05, 0) is 101 Å². The first kappa shape index (κ1) is 27.0. The van der Waals surface area contributed by atoms with Crippen LogP contribution in [-0.4, -0.2) is 0 Å². The fourth-order valence-corrected chi connectivity index (χ4v) is 6.98. The van der Waals surface area contributed by atoms with Gasteiger partial charge < -0.3 is 9.80 Å². The van der Waals surface area contributed by atoms with Gasteiger partial charge in [0.1, 0.15) is 0 Å². The first-order valence-corrected chi connectivity index (χ1v) is 15.6. The minimum Gasteiger partial charge on any atom is -0.310 e. The van der Waals surface area contributed by atoms with Crippen molar-refractivity contribution in [3.63, 3.8) is 0 Å². The first-order valence-electron chi connectivity index (χ1n) is 15.6. The van der Waals surface area contributed by atoms with Gasteiger partial charge in [-0.25, -0.2) is 0 Å². The average Bonchev–Trinajstić information content (AvgIpc) is 3.08. The molecule has 0 saturated heterocycles. The maximum Gasteiger partial charge on any atom is 0.0540 e. The van der Waals surface area contributed by atoms with Gasteiger partial charge in [0.25, 0.3) is 0 Å². The van der Waals surface area contributed by atoms with Crippen LogP contribution in [0.5, 0.6) is 0 Å². The van der Waals surface area contributed by atoms with Crippen LogP contribution in [0.25, 0.3) is 32.3 Å². The molecule has 2 nitrogen and oxygen atoms in total. The second kappa shape index (κ2) is 10.8. The molecule has 0 heterocycles. The van der Waals surface area contributed by atoms with Crippen molar-refractivity contribution in [2.75, 3.05) is 9.80 Å². The van der Waals surface area contributed by atoms with Crippen LogP contribution in [0.3, 0.4) is 0 Å². The van der Waals surface area contributed by atoms with Crippen molar-refractivity contribution in [3.8, 4) is 0 Å². The van der Waals surface area contributed by atoms with Crippen molar-refractivity contribution in [2.45, 2.75) is 20.8 Å². The molecule has 216 valence electrons. The zero-order chi connectivity index (χ0) is 30.5. The lowest BCUT2D eigenvalue weighted by Crippen LogP contribution is -2.13. The monoisotopic (exact) mass is 578 g/mol. The molecule has 0 amide bonds. The van der Waals surface area contributed by atoms with Gasteiger partial charge in [-0.1, -0.05) is 109 Å². The zero-order valence-electron chi connectivity index (χ0n) is 25.8. The van der Waals surface area contributed by atoms with Crippen molar-refractivity contribution in [2.24, 2.45) is 0 Å². The van der Waals surface area contributed by atoms with Crippen LogP contribution in [0, 0.1) is 20.8 Å². The maximum atomic E-state index is 2.45. The van der Waals surface area contributed by atoms with E-state index in [9.17, 15) is 0 Å². The molecule has 0 N–H and O–H groups in total. The van der Waals surface area contributed by atoms with E-state index in [1.807, 2.05) is 0 Å². The van der Waals surface area contributed by atoms with E-state index in [1.165, 1.54) is 77.4 Å². The van der Waals surface area contributed by atoms with Crippen LogP contribution in [0.15, 0.2) is 152 Å². The number of hydrogen-bond donors (Lipinski definition) is 0. The summed E-state index contributed by atoms with van der Waals surface area (Å²) in [6, 6.07) is 55.2. The lowest BCUT2D eigenvalue weighted by atomic mass is 9.91. The molecule has 2 heteroatoms. The molecule has 0 unspecified atom stereocenters. The molecule has 0 bridgehead atoms. The molecule has 0 spiro atoms. The fraction of sp³-hybridized carbons (Fsp3) is 0.0698. The molecule has 45 heavy (non-hydrogen) atoms. The van der Waals surface area contributed by atoms with E-state index in [0.717, 1.165) is 5.69 Å². The summed E-state index contributed by atoms with van der Waals surface area (Å²) in [5.74, 6) is 0. The smallest absolute Gasteiger partial charge is 0.0540 e. The van der Waals surface area contributed by atoms with E-state index in [4.69, 9.17) is 0 Å². The Labute approximate surface area is 264 Å². The zero-order valence-corrected chi connectivity index (χ0v) is 25.8. The average molecular weight is 579 g/mol. The number of nitrogens with zero attached hydrogens (tertiary/aromatic N) is 2. The highest BCUT2D eigenvalue weighted by Gasteiger charge is 2.23. The van der Waals surface area contributed by atoms with Gasteiger partial charge in [0.2, 0.25) is 0 Å². The second-order valence-electron chi connectivity index (χ2n) is 12.0. The van der Waals surface area contributed by atoms with Crippen LogP contribution in [-0.2, 0) is 0 Å². The third-order valence-electron chi connectivity index (χ3n) is 9.18. The number of anilines is 6. The number of rotatable bonds is 6. The molecule has 8 aromatic rings. The summed E-state index contributed by atoms with van der Waals surface area (Å²) < 4.78 is 0. The second-order valence-corrected chi connectivity index (χ2v) is 12.0. The van der Waals surface area contributed by atoms with Crippen molar-refractivity contribution in [1.82, 2.24) is 0 Å². The highest BCUT2D eigenvalue weighted by molar-refractivity contribution is 6.28. The molecule has 0 fully saturated rings. The molecule has 0 aliphatic heterocycles. The molecule has 0 aliphatic rings. The van der Waals surface area contributed by atoms with Gasteiger partial charge in [-0.2, -0.15) is 0 Å². The van der Waals surface area contributed by atoms with E-state index in [1.54, 1.807) is 0 Å². The van der Waals surface area contributed by atoms with E-state index in [2.05, 4.69) is 182 Å².